The minimum atomic E-state index is 0. The molecule has 118 valence electrons. The monoisotopic (exact) mass is 408 g/mol. The van der Waals surface area contributed by atoms with Crippen molar-refractivity contribution in [1.29, 1.82) is 0 Å². The van der Waals surface area contributed by atoms with E-state index in [9.17, 15) is 0 Å². The van der Waals surface area contributed by atoms with Gasteiger partial charge in [0.25, 0.3) is 0 Å². The maximum atomic E-state index is 4.42. The van der Waals surface area contributed by atoms with Crippen LogP contribution in [0.1, 0.15) is 23.6 Å². The first-order valence-corrected chi connectivity index (χ1v) is 8.08. The van der Waals surface area contributed by atoms with E-state index >= 15 is 0 Å². The van der Waals surface area contributed by atoms with Crippen LogP contribution in [0.3, 0.4) is 0 Å². The van der Waals surface area contributed by atoms with Gasteiger partial charge in [0.1, 0.15) is 0 Å². The normalized spacial score (nSPS) is 15.7. The molecule has 0 radical (unpaired) electrons. The summed E-state index contributed by atoms with van der Waals surface area (Å²) in [6.45, 7) is 0. The topological polar surface area (TPSA) is 24.4 Å². The molecular formula is C19H17BrFeN2. The van der Waals surface area contributed by atoms with Gasteiger partial charge in [-0.2, -0.15) is 35.4 Å². The third-order valence-corrected chi connectivity index (χ3v) is 4.11. The zero-order valence-electron chi connectivity index (χ0n) is 12.5. The number of nitrogens with one attached hydrogen (secondary N) is 1. The standard InChI is InChI=1S/C14H12BrN2.C5H5.Fe/c15-12-7-5-11(6-8-12)14-9-13(16-17-14)10-3-1-2-4-10;1-2-4-5-3-1;/h1-8,13,16H,9H2;1-5H;/q2*-1;+2. The number of hydrazone groups is 1. The van der Waals surface area contributed by atoms with Crippen LogP contribution in [0.2, 0.25) is 0 Å². The van der Waals surface area contributed by atoms with E-state index in [0.29, 0.717) is 6.04 Å². The van der Waals surface area contributed by atoms with E-state index in [0.717, 1.165) is 16.6 Å². The Morgan fingerprint density at radius 2 is 1.70 bits per heavy atom. The fraction of sp³-hybridized carbons (Fsp3) is 0.105. The van der Waals surface area contributed by atoms with Crippen LogP contribution in [0, 0.1) is 0 Å². The zero-order valence-corrected chi connectivity index (χ0v) is 15.2. The van der Waals surface area contributed by atoms with Crippen LogP contribution >= 0.6 is 15.9 Å². The predicted molar refractivity (Wildman–Crippen MR) is 95.2 cm³/mol. The molecular weight excluding hydrogens is 392 g/mol. The van der Waals surface area contributed by atoms with Crippen LogP contribution in [0.15, 0.2) is 88.4 Å². The van der Waals surface area contributed by atoms with Crippen molar-refractivity contribution in [1.82, 2.24) is 5.43 Å². The molecule has 2 nitrogen and oxygen atoms in total. The Bertz CT molecular complexity index is 683. The zero-order chi connectivity index (χ0) is 15.2. The predicted octanol–water partition coefficient (Wildman–Crippen LogP) is 5.01. The molecule has 1 N–H and O–H groups in total. The van der Waals surface area contributed by atoms with Gasteiger partial charge in [0, 0.05) is 16.9 Å². The van der Waals surface area contributed by atoms with Gasteiger partial charge in [0.15, 0.2) is 0 Å². The molecule has 0 amide bonds. The van der Waals surface area contributed by atoms with Crippen LogP contribution in [0.5, 0.6) is 0 Å². The molecule has 0 spiro atoms. The Kier molecular flexibility index (Phi) is 6.84. The molecule has 4 heteroatoms. The Balaban J connectivity index is 0.000000276. The van der Waals surface area contributed by atoms with Crippen molar-refractivity contribution in [3.05, 3.63) is 94.5 Å². The molecule has 4 rings (SSSR count). The maximum absolute atomic E-state index is 4.42. The second-order valence-corrected chi connectivity index (χ2v) is 6.05. The van der Waals surface area contributed by atoms with Crippen LogP contribution in [0.25, 0.3) is 0 Å². The van der Waals surface area contributed by atoms with Crippen molar-refractivity contribution in [2.75, 3.05) is 0 Å². The number of rotatable bonds is 2. The van der Waals surface area contributed by atoms with Crippen molar-refractivity contribution in [3.8, 4) is 0 Å². The third kappa shape index (κ3) is 4.93. The summed E-state index contributed by atoms with van der Waals surface area (Å²) < 4.78 is 1.10. The third-order valence-electron chi connectivity index (χ3n) is 3.58. The Labute approximate surface area is 155 Å². The van der Waals surface area contributed by atoms with Gasteiger partial charge < -0.3 is 5.43 Å². The van der Waals surface area contributed by atoms with E-state index in [4.69, 9.17) is 0 Å². The summed E-state index contributed by atoms with van der Waals surface area (Å²) in [6, 6.07) is 27.0. The second kappa shape index (κ2) is 8.87. The van der Waals surface area contributed by atoms with E-state index in [1.165, 1.54) is 11.1 Å². The van der Waals surface area contributed by atoms with Crippen LogP contribution in [-0.2, 0) is 17.1 Å². The molecule has 23 heavy (non-hydrogen) atoms. The SMILES string of the molecule is Brc1ccc(C2=NNC([c-]3cccc3)C2)cc1.[Fe+2].c1cc[cH-]c1. The Hall–Kier alpha value is -1.61. The van der Waals surface area contributed by atoms with E-state index in [1.54, 1.807) is 0 Å². The quantitative estimate of drug-likeness (QED) is 0.467. The molecule has 0 bridgehead atoms. The molecule has 0 aromatic heterocycles. The minimum Gasteiger partial charge on any atom is -0.313 e. The fourth-order valence-corrected chi connectivity index (χ4v) is 2.66. The van der Waals surface area contributed by atoms with Crippen LogP contribution in [-0.4, -0.2) is 5.71 Å². The number of hydrogen-bond acceptors (Lipinski definition) is 2. The first-order chi connectivity index (χ1) is 10.8. The van der Waals surface area contributed by atoms with Gasteiger partial charge in [-0.15, -0.1) is 5.56 Å². The summed E-state index contributed by atoms with van der Waals surface area (Å²) in [6.07, 6.45) is 0.950. The first kappa shape index (κ1) is 17.7. The van der Waals surface area contributed by atoms with Gasteiger partial charge in [-0.05, 0) is 17.7 Å². The number of benzene rings is 1. The van der Waals surface area contributed by atoms with Crippen molar-refractivity contribution in [3.63, 3.8) is 0 Å². The molecule has 1 heterocycles. The van der Waals surface area contributed by atoms with Gasteiger partial charge in [-0.3, -0.25) is 0 Å². The summed E-state index contributed by atoms with van der Waals surface area (Å²) in [4.78, 5) is 0. The van der Waals surface area contributed by atoms with E-state index in [1.807, 2.05) is 42.5 Å². The number of hydrogen-bond donors (Lipinski definition) is 1. The number of nitrogens with zero attached hydrogens (tertiary/aromatic N) is 1. The van der Waals surface area contributed by atoms with Gasteiger partial charge in [0.2, 0.25) is 0 Å². The molecule has 1 unspecified atom stereocenters. The van der Waals surface area contributed by atoms with Gasteiger partial charge in [-0.1, -0.05) is 28.1 Å². The summed E-state index contributed by atoms with van der Waals surface area (Å²) in [5, 5.41) is 4.42. The Morgan fingerprint density at radius 1 is 1.04 bits per heavy atom. The van der Waals surface area contributed by atoms with Crippen LogP contribution < -0.4 is 5.43 Å². The second-order valence-electron chi connectivity index (χ2n) is 5.13. The van der Waals surface area contributed by atoms with Gasteiger partial charge >= 0.3 is 17.1 Å². The molecule has 0 saturated carbocycles. The average Bonchev–Trinajstić information content (AvgIpc) is 3.30. The molecule has 1 atom stereocenters. The summed E-state index contributed by atoms with van der Waals surface area (Å²) in [5.41, 5.74) is 6.82. The van der Waals surface area contributed by atoms with E-state index < -0.39 is 0 Å². The molecule has 3 aromatic rings. The van der Waals surface area contributed by atoms with Gasteiger partial charge in [-0.25, -0.2) is 24.3 Å². The van der Waals surface area contributed by atoms with E-state index in [-0.39, 0.29) is 17.1 Å². The van der Waals surface area contributed by atoms with Crippen molar-refractivity contribution in [2.45, 2.75) is 12.5 Å². The molecule has 0 aliphatic carbocycles. The van der Waals surface area contributed by atoms with Crippen molar-refractivity contribution < 1.29 is 17.1 Å². The van der Waals surface area contributed by atoms with Crippen molar-refractivity contribution in [2.24, 2.45) is 5.10 Å². The molecule has 1 aliphatic rings. The van der Waals surface area contributed by atoms with Crippen molar-refractivity contribution >= 4 is 21.6 Å². The molecule has 1 aliphatic heterocycles. The number of halogens is 1. The maximum Gasteiger partial charge on any atom is 2.00 e. The van der Waals surface area contributed by atoms with Crippen LogP contribution in [0.4, 0.5) is 0 Å². The average molecular weight is 409 g/mol. The minimum absolute atomic E-state index is 0. The smallest absolute Gasteiger partial charge is 0.313 e. The molecule has 0 fully saturated rings. The molecule has 0 saturated heterocycles. The summed E-state index contributed by atoms with van der Waals surface area (Å²) in [7, 11) is 0. The first-order valence-electron chi connectivity index (χ1n) is 7.29. The van der Waals surface area contributed by atoms with Gasteiger partial charge in [0.05, 0.1) is 5.71 Å². The molecule has 3 aromatic carbocycles. The Morgan fingerprint density at radius 3 is 2.26 bits per heavy atom. The summed E-state index contributed by atoms with van der Waals surface area (Å²) in [5.74, 6) is 0. The van der Waals surface area contributed by atoms with E-state index in [2.05, 4.69) is 62.9 Å². The summed E-state index contributed by atoms with van der Waals surface area (Å²) >= 11 is 3.44. The fourth-order valence-electron chi connectivity index (χ4n) is 2.40. The largest absolute Gasteiger partial charge is 2.00 e.